The topological polar surface area (TPSA) is 70.2 Å². The minimum Gasteiger partial charge on any atom is -0.444 e. The highest BCUT2D eigenvalue weighted by molar-refractivity contribution is 9.10. The molecule has 0 atom stereocenters. The molecule has 2 saturated heterocycles. The van der Waals surface area contributed by atoms with Crippen molar-refractivity contribution in [3.05, 3.63) is 27.7 Å². The second-order valence-electron chi connectivity index (χ2n) is 8.26. The van der Waals surface area contributed by atoms with Crippen LogP contribution in [-0.4, -0.2) is 58.6 Å². The van der Waals surface area contributed by atoms with Crippen LogP contribution in [-0.2, 0) is 9.53 Å². The second kappa shape index (κ2) is 7.80. The van der Waals surface area contributed by atoms with Crippen molar-refractivity contribution >= 4 is 51.2 Å². The van der Waals surface area contributed by atoms with E-state index in [0.29, 0.717) is 47.7 Å². The highest BCUT2D eigenvalue weighted by atomic mass is 79.9. The normalized spacial score (nSPS) is 19.3. The van der Waals surface area contributed by atoms with Gasteiger partial charge in [-0.1, -0.05) is 11.6 Å². The lowest BCUT2D eigenvalue weighted by atomic mass is 9.86. The van der Waals surface area contributed by atoms with Crippen LogP contribution >= 0.6 is 27.5 Å². The summed E-state index contributed by atoms with van der Waals surface area (Å²) >= 11 is 9.40. The van der Waals surface area contributed by atoms with E-state index in [-0.39, 0.29) is 11.9 Å². The van der Waals surface area contributed by atoms with Crippen LogP contribution in [0.15, 0.2) is 22.7 Å². The summed E-state index contributed by atoms with van der Waals surface area (Å²) in [5, 5.41) is 0.501. The molecule has 2 heterocycles. The molecule has 2 aliphatic rings. The van der Waals surface area contributed by atoms with Gasteiger partial charge in [-0.2, -0.15) is 0 Å². The van der Waals surface area contributed by atoms with Crippen LogP contribution in [0.5, 0.6) is 0 Å². The van der Waals surface area contributed by atoms with Gasteiger partial charge in [-0.15, -0.1) is 0 Å². The lowest BCUT2D eigenvalue weighted by molar-refractivity contribution is -0.127. The third kappa shape index (κ3) is 3.97. The molecule has 0 saturated carbocycles. The molecule has 9 heteroatoms. The van der Waals surface area contributed by atoms with Crippen LogP contribution in [0.1, 0.15) is 40.5 Å². The Morgan fingerprint density at radius 3 is 2.38 bits per heavy atom. The molecule has 0 unspecified atom stereocenters. The predicted octanol–water partition coefficient (Wildman–Crippen LogP) is 4.66. The molecule has 2 fully saturated rings. The van der Waals surface area contributed by atoms with E-state index in [1.165, 1.54) is 4.90 Å². The first-order chi connectivity index (χ1) is 13.5. The summed E-state index contributed by atoms with van der Waals surface area (Å²) in [6.45, 7) is 8.41. The van der Waals surface area contributed by atoms with E-state index in [4.69, 9.17) is 16.3 Å². The number of carbonyl (C=O) groups is 3. The third-order valence-electron chi connectivity index (χ3n) is 5.26. The van der Waals surface area contributed by atoms with Crippen molar-refractivity contribution in [2.24, 2.45) is 0 Å². The number of urea groups is 1. The molecule has 29 heavy (non-hydrogen) atoms. The summed E-state index contributed by atoms with van der Waals surface area (Å²) < 4.78 is 6.05. The third-order valence-corrected chi connectivity index (χ3v) is 6.47. The molecular weight excluding hydrogens is 462 g/mol. The van der Waals surface area contributed by atoms with Gasteiger partial charge in [-0.25, -0.2) is 14.5 Å². The largest absolute Gasteiger partial charge is 0.444 e. The summed E-state index contributed by atoms with van der Waals surface area (Å²) in [6, 6.07) is 4.62. The number of nitrogens with zero attached hydrogens (tertiary/aromatic N) is 3. The van der Waals surface area contributed by atoms with Gasteiger partial charge >= 0.3 is 12.1 Å². The zero-order valence-electron chi connectivity index (χ0n) is 17.0. The maximum atomic E-state index is 13.4. The van der Waals surface area contributed by atoms with Crippen molar-refractivity contribution in [1.29, 1.82) is 0 Å². The monoisotopic (exact) mass is 485 g/mol. The van der Waals surface area contributed by atoms with Gasteiger partial charge in [0, 0.05) is 24.1 Å². The maximum absolute atomic E-state index is 13.4. The van der Waals surface area contributed by atoms with Gasteiger partial charge in [0.1, 0.15) is 11.1 Å². The van der Waals surface area contributed by atoms with Crippen molar-refractivity contribution in [2.75, 3.05) is 24.5 Å². The highest BCUT2D eigenvalue weighted by Crippen LogP contribution is 2.40. The predicted molar refractivity (Wildman–Crippen MR) is 114 cm³/mol. The number of rotatable bonds is 2. The number of anilines is 1. The molecule has 1 aromatic carbocycles. The van der Waals surface area contributed by atoms with Crippen LogP contribution in [0.25, 0.3) is 0 Å². The summed E-state index contributed by atoms with van der Waals surface area (Å²) in [6.07, 6.45) is 0.344. The van der Waals surface area contributed by atoms with Crippen molar-refractivity contribution in [1.82, 2.24) is 9.80 Å². The zero-order valence-corrected chi connectivity index (χ0v) is 19.3. The second-order valence-corrected chi connectivity index (χ2v) is 9.53. The SMILES string of the molecule is CCN1C(=O)N(c2ccc(Cl)c(Br)c2)C(=O)C12CCN(C(=O)OC(C)(C)C)CC2. The molecule has 4 amide bonds. The van der Waals surface area contributed by atoms with Gasteiger partial charge < -0.3 is 14.5 Å². The van der Waals surface area contributed by atoms with Crippen molar-refractivity contribution in [2.45, 2.75) is 51.7 Å². The average Bonchev–Trinajstić information content (AvgIpc) is 2.83. The van der Waals surface area contributed by atoms with Crippen LogP contribution in [0.4, 0.5) is 15.3 Å². The van der Waals surface area contributed by atoms with Crippen LogP contribution < -0.4 is 4.90 Å². The minimum atomic E-state index is -0.948. The Morgan fingerprint density at radius 2 is 1.86 bits per heavy atom. The maximum Gasteiger partial charge on any atom is 0.410 e. The Balaban J connectivity index is 1.84. The Bertz CT molecular complexity index is 847. The molecule has 0 radical (unpaired) electrons. The summed E-state index contributed by atoms with van der Waals surface area (Å²) in [5.41, 5.74) is -1.06. The van der Waals surface area contributed by atoms with Gasteiger partial charge in [0.15, 0.2) is 0 Å². The van der Waals surface area contributed by atoms with Gasteiger partial charge in [0.2, 0.25) is 0 Å². The van der Waals surface area contributed by atoms with E-state index in [1.807, 2.05) is 27.7 Å². The first-order valence-corrected chi connectivity index (χ1v) is 10.8. The van der Waals surface area contributed by atoms with E-state index >= 15 is 0 Å². The molecule has 2 aliphatic heterocycles. The summed E-state index contributed by atoms with van der Waals surface area (Å²) in [5.74, 6) is -0.262. The van der Waals surface area contributed by atoms with E-state index < -0.39 is 17.2 Å². The molecule has 1 spiro atoms. The highest BCUT2D eigenvalue weighted by Gasteiger charge is 2.58. The molecule has 7 nitrogen and oxygen atoms in total. The van der Waals surface area contributed by atoms with Gasteiger partial charge in [0.25, 0.3) is 5.91 Å². The Morgan fingerprint density at radius 1 is 1.24 bits per heavy atom. The molecule has 158 valence electrons. The fourth-order valence-corrected chi connectivity index (χ4v) is 4.36. The standard InChI is InChI=1S/C20H25BrClN3O4/c1-5-24-17(27)25(13-6-7-15(22)14(21)12-13)16(26)20(24)8-10-23(11-9-20)18(28)29-19(2,3)4/h6-7,12H,5,8-11H2,1-4H3. The van der Waals surface area contributed by atoms with E-state index in [1.54, 1.807) is 28.0 Å². The summed E-state index contributed by atoms with van der Waals surface area (Å²) in [4.78, 5) is 43.4. The average molecular weight is 487 g/mol. The summed E-state index contributed by atoms with van der Waals surface area (Å²) in [7, 11) is 0. The first kappa shape index (κ1) is 21.9. The van der Waals surface area contributed by atoms with Gasteiger partial charge in [-0.3, -0.25) is 4.79 Å². The number of halogens is 2. The molecule has 0 N–H and O–H groups in total. The Labute approximate surface area is 184 Å². The van der Waals surface area contributed by atoms with Crippen molar-refractivity contribution < 1.29 is 19.1 Å². The molecule has 3 rings (SSSR count). The minimum absolute atomic E-state index is 0.262. The van der Waals surface area contributed by atoms with Crippen molar-refractivity contribution in [3.8, 4) is 0 Å². The number of benzene rings is 1. The number of ether oxygens (including phenoxy) is 1. The Kier molecular flexibility index (Phi) is 5.89. The zero-order chi connectivity index (χ0) is 21.6. The number of amides is 4. The fourth-order valence-electron chi connectivity index (χ4n) is 3.87. The number of hydrogen-bond acceptors (Lipinski definition) is 4. The smallest absolute Gasteiger partial charge is 0.410 e. The quantitative estimate of drug-likeness (QED) is 0.570. The number of likely N-dealkylation sites (tertiary alicyclic amines) is 1. The van der Waals surface area contributed by atoms with Crippen LogP contribution in [0.3, 0.4) is 0 Å². The van der Waals surface area contributed by atoms with Gasteiger partial charge in [0.05, 0.1) is 10.7 Å². The lowest BCUT2D eigenvalue weighted by Gasteiger charge is -2.41. The van der Waals surface area contributed by atoms with E-state index in [9.17, 15) is 14.4 Å². The number of piperidine rings is 1. The lowest BCUT2D eigenvalue weighted by Crippen LogP contribution is -2.57. The van der Waals surface area contributed by atoms with E-state index in [2.05, 4.69) is 15.9 Å². The number of likely N-dealkylation sites (N-methyl/N-ethyl adjacent to an activating group) is 1. The first-order valence-electron chi connectivity index (χ1n) is 9.59. The number of imide groups is 1. The number of hydrogen-bond donors (Lipinski definition) is 0. The van der Waals surface area contributed by atoms with E-state index in [0.717, 1.165) is 0 Å². The molecule has 0 bridgehead atoms. The van der Waals surface area contributed by atoms with Crippen molar-refractivity contribution in [3.63, 3.8) is 0 Å². The Hall–Kier alpha value is -1.80. The molecule has 0 aromatic heterocycles. The molecule has 0 aliphatic carbocycles. The van der Waals surface area contributed by atoms with Crippen LogP contribution in [0.2, 0.25) is 5.02 Å². The number of carbonyl (C=O) groups excluding carboxylic acids is 3. The van der Waals surface area contributed by atoms with Gasteiger partial charge in [-0.05, 0) is 74.7 Å². The molecule has 1 aromatic rings. The molecular formula is C20H25BrClN3O4. The fraction of sp³-hybridized carbons (Fsp3) is 0.550. The van der Waals surface area contributed by atoms with Crippen LogP contribution in [0, 0.1) is 0 Å².